The number of aliphatic imine (C=N–C) groups is 1. The van der Waals surface area contributed by atoms with Gasteiger partial charge < -0.3 is 10.1 Å². The molecule has 3 rings (SSSR count). The second kappa shape index (κ2) is 8.45. The quantitative estimate of drug-likeness (QED) is 0.839. The predicted octanol–water partition coefficient (Wildman–Crippen LogP) is 3.94. The molecule has 1 aliphatic heterocycles. The van der Waals surface area contributed by atoms with Crippen LogP contribution in [-0.2, 0) is 9.59 Å². The molecule has 1 atom stereocenters. The number of nitrogens with one attached hydrogen (secondary N) is 1. The minimum atomic E-state index is -0.579. The minimum absolute atomic E-state index is 0.0990. The fraction of sp³-hybridized carbons (Fsp3) is 0.211. The first-order chi connectivity index (χ1) is 13.0. The lowest BCUT2D eigenvalue weighted by Gasteiger charge is -2.29. The van der Waals surface area contributed by atoms with Crippen LogP contribution in [0.25, 0.3) is 0 Å². The summed E-state index contributed by atoms with van der Waals surface area (Å²) < 4.78 is 5.25. The van der Waals surface area contributed by atoms with Crippen molar-refractivity contribution >= 4 is 51.7 Å². The number of halogens is 1. The normalized spacial score (nSPS) is 18.5. The van der Waals surface area contributed by atoms with E-state index < -0.39 is 5.25 Å². The Kier molecular flexibility index (Phi) is 6.03. The third kappa shape index (κ3) is 4.61. The number of para-hydroxylation sites is 2. The highest BCUT2D eigenvalue weighted by Crippen LogP contribution is 2.30. The zero-order valence-corrected chi connectivity index (χ0v) is 16.4. The van der Waals surface area contributed by atoms with Gasteiger partial charge in [0.2, 0.25) is 11.8 Å². The summed E-state index contributed by atoms with van der Waals surface area (Å²) in [6, 6.07) is 14.1. The molecular formula is C19H18ClN3O3S. The van der Waals surface area contributed by atoms with E-state index in [1.165, 1.54) is 23.8 Å². The number of amidine groups is 1. The number of carbonyl (C=O) groups is 2. The third-order valence-corrected chi connectivity index (χ3v) is 5.47. The molecule has 1 unspecified atom stereocenters. The van der Waals surface area contributed by atoms with Crippen LogP contribution in [0, 0.1) is 0 Å². The van der Waals surface area contributed by atoms with Gasteiger partial charge in [-0.3, -0.25) is 14.5 Å². The number of methoxy groups -OCH3 is 1. The van der Waals surface area contributed by atoms with Crippen LogP contribution in [0.4, 0.5) is 11.4 Å². The van der Waals surface area contributed by atoms with Crippen molar-refractivity contribution in [3.05, 3.63) is 53.6 Å². The Morgan fingerprint density at radius 2 is 1.96 bits per heavy atom. The number of anilines is 1. The van der Waals surface area contributed by atoms with Gasteiger partial charge in [0.15, 0.2) is 5.17 Å². The number of hydrogen-bond acceptors (Lipinski definition) is 5. The number of ether oxygens (including phenoxy) is 1. The zero-order valence-electron chi connectivity index (χ0n) is 14.8. The van der Waals surface area contributed by atoms with Gasteiger partial charge in [0.25, 0.3) is 0 Å². The number of amides is 2. The molecule has 140 valence electrons. The molecule has 6 nitrogen and oxygen atoms in total. The van der Waals surface area contributed by atoms with E-state index in [1.807, 2.05) is 6.07 Å². The van der Waals surface area contributed by atoms with E-state index in [1.54, 1.807) is 49.5 Å². The van der Waals surface area contributed by atoms with Gasteiger partial charge in [-0.05, 0) is 36.4 Å². The molecule has 0 saturated carbocycles. The van der Waals surface area contributed by atoms with E-state index in [-0.39, 0.29) is 18.2 Å². The molecule has 0 aliphatic carbocycles. The summed E-state index contributed by atoms with van der Waals surface area (Å²) in [5.74, 6) is 0.126. The van der Waals surface area contributed by atoms with Crippen molar-refractivity contribution in [1.82, 2.24) is 4.90 Å². The second-order valence-corrected chi connectivity index (χ2v) is 7.43. The van der Waals surface area contributed by atoms with Gasteiger partial charge in [-0.2, -0.15) is 0 Å². The third-order valence-electron chi connectivity index (χ3n) is 3.98. The molecule has 1 N–H and O–H groups in total. The summed E-state index contributed by atoms with van der Waals surface area (Å²) in [6.45, 7) is 0. The summed E-state index contributed by atoms with van der Waals surface area (Å²) in [5.41, 5.74) is 1.22. The van der Waals surface area contributed by atoms with Crippen molar-refractivity contribution in [2.75, 3.05) is 19.5 Å². The predicted molar refractivity (Wildman–Crippen MR) is 109 cm³/mol. The first kappa shape index (κ1) is 19.3. The van der Waals surface area contributed by atoms with E-state index in [0.717, 1.165) is 0 Å². The van der Waals surface area contributed by atoms with Gasteiger partial charge in [-0.25, -0.2) is 4.99 Å². The molecule has 2 amide bonds. The molecule has 8 heteroatoms. The molecule has 0 aromatic heterocycles. The molecule has 0 spiro atoms. The topological polar surface area (TPSA) is 71.0 Å². The number of carbonyl (C=O) groups excluding carboxylic acids is 2. The van der Waals surface area contributed by atoms with Gasteiger partial charge in [-0.15, -0.1) is 0 Å². The van der Waals surface area contributed by atoms with Crippen molar-refractivity contribution in [3.8, 4) is 5.75 Å². The molecular weight excluding hydrogens is 386 g/mol. The maximum atomic E-state index is 12.7. The first-order valence-corrected chi connectivity index (χ1v) is 9.45. The average molecular weight is 404 g/mol. The second-order valence-electron chi connectivity index (χ2n) is 5.82. The number of rotatable bonds is 4. The van der Waals surface area contributed by atoms with Crippen molar-refractivity contribution < 1.29 is 14.3 Å². The first-order valence-electron chi connectivity index (χ1n) is 8.19. The van der Waals surface area contributed by atoms with Crippen LogP contribution in [0.5, 0.6) is 5.75 Å². The Morgan fingerprint density at radius 3 is 2.67 bits per heavy atom. The molecule has 2 aromatic carbocycles. The molecule has 1 fully saturated rings. The standard InChI is InChI=1S/C19H18ClN3O3S/c1-23-17(24)11-16(18(25)22-14-5-3-4-6-15(14)26-2)27-19(23)21-13-9-7-12(20)8-10-13/h3-10,16H,11H2,1-2H3,(H,22,25). The van der Waals surface area contributed by atoms with Crippen LogP contribution < -0.4 is 10.1 Å². The highest BCUT2D eigenvalue weighted by molar-refractivity contribution is 8.15. The Bertz CT molecular complexity index is 886. The van der Waals surface area contributed by atoms with Crippen LogP contribution in [0.1, 0.15) is 6.42 Å². The van der Waals surface area contributed by atoms with Crippen molar-refractivity contribution in [3.63, 3.8) is 0 Å². The van der Waals surface area contributed by atoms with E-state index >= 15 is 0 Å². The highest BCUT2D eigenvalue weighted by Gasteiger charge is 2.34. The largest absolute Gasteiger partial charge is 0.495 e. The van der Waals surface area contributed by atoms with Crippen LogP contribution in [0.15, 0.2) is 53.5 Å². The summed E-state index contributed by atoms with van der Waals surface area (Å²) >= 11 is 7.14. The zero-order chi connectivity index (χ0) is 19.4. The summed E-state index contributed by atoms with van der Waals surface area (Å²) in [7, 11) is 3.19. The summed E-state index contributed by atoms with van der Waals surface area (Å²) in [5, 5.41) is 3.32. The molecule has 27 heavy (non-hydrogen) atoms. The summed E-state index contributed by atoms with van der Waals surface area (Å²) in [4.78, 5) is 31.0. The fourth-order valence-electron chi connectivity index (χ4n) is 2.48. The van der Waals surface area contributed by atoms with Gasteiger partial charge in [0, 0.05) is 18.5 Å². The average Bonchev–Trinajstić information content (AvgIpc) is 2.67. The number of nitrogens with zero attached hydrogens (tertiary/aromatic N) is 2. The van der Waals surface area contributed by atoms with Gasteiger partial charge in [-0.1, -0.05) is 35.5 Å². The maximum absolute atomic E-state index is 12.7. The Hall–Kier alpha value is -2.51. The van der Waals surface area contributed by atoms with Crippen molar-refractivity contribution in [2.24, 2.45) is 4.99 Å². The smallest absolute Gasteiger partial charge is 0.238 e. The van der Waals surface area contributed by atoms with Gasteiger partial charge in [0.1, 0.15) is 11.0 Å². The fourth-order valence-corrected chi connectivity index (χ4v) is 3.68. The summed E-state index contributed by atoms with van der Waals surface area (Å²) in [6.07, 6.45) is 0.0990. The number of hydrogen-bond donors (Lipinski definition) is 1. The van der Waals surface area contributed by atoms with Gasteiger partial charge in [0.05, 0.1) is 18.5 Å². The Balaban J connectivity index is 1.79. The lowest BCUT2D eigenvalue weighted by molar-refractivity contribution is -0.128. The van der Waals surface area contributed by atoms with Crippen LogP contribution in [0.2, 0.25) is 5.02 Å². The Labute approximate surface area is 166 Å². The molecule has 0 radical (unpaired) electrons. The van der Waals surface area contributed by atoms with Crippen LogP contribution in [-0.4, -0.2) is 41.3 Å². The Morgan fingerprint density at radius 1 is 1.26 bits per heavy atom. The van der Waals surface area contributed by atoms with E-state index in [4.69, 9.17) is 16.3 Å². The molecule has 2 aromatic rings. The van der Waals surface area contributed by atoms with Crippen LogP contribution in [0.3, 0.4) is 0 Å². The highest BCUT2D eigenvalue weighted by atomic mass is 35.5. The van der Waals surface area contributed by atoms with E-state index in [9.17, 15) is 9.59 Å². The maximum Gasteiger partial charge on any atom is 0.238 e. The minimum Gasteiger partial charge on any atom is -0.495 e. The van der Waals surface area contributed by atoms with E-state index in [0.29, 0.717) is 27.3 Å². The van der Waals surface area contributed by atoms with Crippen molar-refractivity contribution in [2.45, 2.75) is 11.7 Å². The number of thioether (sulfide) groups is 1. The monoisotopic (exact) mass is 403 g/mol. The lowest BCUT2D eigenvalue weighted by Crippen LogP contribution is -2.43. The van der Waals surface area contributed by atoms with Crippen LogP contribution >= 0.6 is 23.4 Å². The molecule has 0 bridgehead atoms. The number of benzene rings is 2. The molecule has 1 heterocycles. The lowest BCUT2D eigenvalue weighted by atomic mass is 10.2. The SMILES string of the molecule is COc1ccccc1NC(=O)C1CC(=O)N(C)C(=Nc2ccc(Cl)cc2)S1. The molecule has 1 aliphatic rings. The van der Waals surface area contributed by atoms with Gasteiger partial charge >= 0.3 is 0 Å². The van der Waals surface area contributed by atoms with Crippen molar-refractivity contribution in [1.29, 1.82) is 0 Å². The van der Waals surface area contributed by atoms with E-state index in [2.05, 4.69) is 10.3 Å². The molecule has 1 saturated heterocycles.